The number of fused-ring (bicyclic) bond motifs is 2. The minimum absolute atomic E-state index is 0.869. The van der Waals surface area contributed by atoms with Gasteiger partial charge in [-0.25, -0.2) is 4.98 Å². The number of nitrogens with zero attached hydrogens (tertiary/aromatic N) is 2. The van der Waals surface area contributed by atoms with Gasteiger partial charge in [-0.3, -0.25) is 0 Å². The number of methoxy groups -OCH3 is 1. The van der Waals surface area contributed by atoms with Gasteiger partial charge in [-0.05, 0) is 40.6 Å². The van der Waals surface area contributed by atoms with Crippen molar-refractivity contribution in [1.29, 1.82) is 0 Å². The molecule has 0 saturated heterocycles. The van der Waals surface area contributed by atoms with Crippen LogP contribution >= 0.6 is 0 Å². The predicted octanol–water partition coefficient (Wildman–Crippen LogP) is 6.55. The van der Waals surface area contributed by atoms with Crippen molar-refractivity contribution >= 4 is 21.5 Å². The molecule has 3 nitrogen and oxygen atoms in total. The first kappa shape index (κ1) is 17.5. The van der Waals surface area contributed by atoms with E-state index in [1.807, 2.05) is 12.4 Å². The molecule has 142 valence electrons. The van der Waals surface area contributed by atoms with E-state index in [-0.39, 0.29) is 0 Å². The fourth-order valence-corrected chi connectivity index (χ4v) is 4.22. The zero-order valence-corrected chi connectivity index (χ0v) is 16.6. The minimum Gasteiger partial charge on any atom is -0.496 e. The third kappa shape index (κ3) is 2.78. The van der Waals surface area contributed by atoms with E-state index in [2.05, 4.69) is 84.3 Å². The van der Waals surface area contributed by atoms with E-state index in [4.69, 9.17) is 9.72 Å². The van der Waals surface area contributed by atoms with E-state index in [0.29, 0.717) is 0 Å². The van der Waals surface area contributed by atoms with Crippen LogP contribution in [0.5, 0.6) is 5.75 Å². The maximum absolute atomic E-state index is 5.86. The molecule has 5 rings (SSSR count). The molecule has 4 aromatic carbocycles. The number of ether oxygens (including phenoxy) is 1. The number of aryl methyl sites for hydroxylation is 1. The Morgan fingerprint density at radius 3 is 2.14 bits per heavy atom. The molecule has 0 bridgehead atoms. The molecule has 0 aliphatic heterocycles. The molecule has 29 heavy (non-hydrogen) atoms. The van der Waals surface area contributed by atoms with Crippen molar-refractivity contribution in [2.75, 3.05) is 7.11 Å². The number of hydrogen-bond donors (Lipinski definition) is 0. The van der Waals surface area contributed by atoms with Crippen LogP contribution in [-0.4, -0.2) is 16.7 Å². The van der Waals surface area contributed by atoms with Crippen molar-refractivity contribution in [2.45, 2.75) is 13.5 Å². The molecule has 0 unspecified atom stereocenters. The number of aromatic nitrogens is 2. The monoisotopic (exact) mass is 378 g/mol. The average Bonchev–Trinajstić information content (AvgIpc) is 3.26. The average molecular weight is 378 g/mol. The molecule has 1 aromatic heterocycles. The van der Waals surface area contributed by atoms with Gasteiger partial charge in [0.25, 0.3) is 0 Å². The summed E-state index contributed by atoms with van der Waals surface area (Å²) in [7, 11) is 1.74. The van der Waals surface area contributed by atoms with Crippen molar-refractivity contribution in [1.82, 2.24) is 9.55 Å². The maximum Gasteiger partial charge on any atom is 0.140 e. The molecule has 0 N–H and O–H groups in total. The Labute approximate surface area is 170 Å². The molecule has 0 spiro atoms. The van der Waals surface area contributed by atoms with Crippen LogP contribution in [0.4, 0.5) is 0 Å². The summed E-state index contributed by atoms with van der Waals surface area (Å²) in [5.41, 5.74) is 3.39. The van der Waals surface area contributed by atoms with Crippen LogP contribution in [0.15, 0.2) is 85.2 Å². The molecule has 0 fully saturated rings. The Morgan fingerprint density at radius 1 is 0.793 bits per heavy atom. The van der Waals surface area contributed by atoms with Gasteiger partial charge >= 0.3 is 0 Å². The second-order valence-electron chi connectivity index (χ2n) is 7.11. The van der Waals surface area contributed by atoms with Crippen LogP contribution in [0.2, 0.25) is 0 Å². The van der Waals surface area contributed by atoms with Crippen molar-refractivity contribution < 1.29 is 4.74 Å². The van der Waals surface area contributed by atoms with Crippen LogP contribution < -0.4 is 4.74 Å². The Balaban J connectivity index is 1.98. The molecule has 5 aromatic rings. The lowest BCUT2D eigenvalue weighted by Crippen LogP contribution is -1.99. The fourth-order valence-electron chi connectivity index (χ4n) is 4.22. The van der Waals surface area contributed by atoms with Crippen molar-refractivity contribution in [2.24, 2.45) is 0 Å². The summed E-state index contributed by atoms with van der Waals surface area (Å²) in [5.74, 6) is 1.85. The van der Waals surface area contributed by atoms with Crippen molar-refractivity contribution in [3.05, 3.63) is 85.2 Å². The Bertz CT molecular complexity index is 1330. The maximum atomic E-state index is 5.86. The molecule has 0 radical (unpaired) electrons. The minimum atomic E-state index is 0.869. The van der Waals surface area contributed by atoms with Gasteiger partial charge in [0.05, 0.1) is 7.11 Å². The third-order valence-corrected chi connectivity index (χ3v) is 5.59. The molecule has 0 aliphatic carbocycles. The molecular formula is C26H22N2O. The quantitative estimate of drug-likeness (QED) is 0.354. The predicted molar refractivity (Wildman–Crippen MR) is 120 cm³/mol. The molecule has 1 heterocycles. The van der Waals surface area contributed by atoms with E-state index in [1.54, 1.807) is 7.11 Å². The summed E-state index contributed by atoms with van der Waals surface area (Å²) >= 11 is 0. The first-order chi connectivity index (χ1) is 14.3. The summed E-state index contributed by atoms with van der Waals surface area (Å²) in [6.45, 7) is 3.01. The Kier molecular flexibility index (Phi) is 4.28. The zero-order chi connectivity index (χ0) is 19.8. The first-order valence-electron chi connectivity index (χ1n) is 9.91. The first-order valence-corrected chi connectivity index (χ1v) is 9.91. The van der Waals surface area contributed by atoms with Gasteiger partial charge in [0.1, 0.15) is 11.6 Å². The number of rotatable bonds is 4. The molecule has 0 aliphatic rings. The van der Waals surface area contributed by atoms with Gasteiger partial charge in [0.2, 0.25) is 0 Å². The van der Waals surface area contributed by atoms with Crippen LogP contribution in [0.3, 0.4) is 0 Å². The second-order valence-corrected chi connectivity index (χ2v) is 7.11. The molecule has 0 saturated carbocycles. The fraction of sp³-hybridized carbons (Fsp3) is 0.115. The van der Waals surface area contributed by atoms with Gasteiger partial charge in [0.15, 0.2) is 0 Å². The van der Waals surface area contributed by atoms with E-state index >= 15 is 0 Å². The molecule has 3 heteroatoms. The third-order valence-electron chi connectivity index (χ3n) is 5.59. The Hall–Kier alpha value is -3.59. The standard InChI is InChI=1S/C26H22N2O/c1-3-28-17-16-27-26(28)22-14-12-18-8-4-6-10-20(18)24(22)25-21-11-7-5-9-19(21)13-15-23(25)29-2/h4-17H,3H2,1-2H3. The highest BCUT2D eigenvalue weighted by Gasteiger charge is 2.20. The summed E-state index contributed by atoms with van der Waals surface area (Å²) in [4.78, 5) is 4.71. The van der Waals surface area contributed by atoms with E-state index in [0.717, 1.165) is 34.8 Å². The highest BCUT2D eigenvalue weighted by Crippen LogP contribution is 2.45. The zero-order valence-electron chi connectivity index (χ0n) is 16.6. The number of hydrogen-bond acceptors (Lipinski definition) is 2. The van der Waals surface area contributed by atoms with Gasteiger partial charge in [-0.1, -0.05) is 60.7 Å². The Morgan fingerprint density at radius 2 is 1.45 bits per heavy atom. The lowest BCUT2D eigenvalue weighted by molar-refractivity contribution is 0.417. The summed E-state index contributed by atoms with van der Waals surface area (Å²) in [6, 6.07) is 25.6. The van der Waals surface area contributed by atoms with Crippen LogP contribution in [0.25, 0.3) is 44.1 Å². The molecule has 0 amide bonds. The van der Waals surface area contributed by atoms with Crippen molar-refractivity contribution in [3.63, 3.8) is 0 Å². The summed E-state index contributed by atoms with van der Waals surface area (Å²) in [5, 5.41) is 4.78. The molecular weight excluding hydrogens is 356 g/mol. The highest BCUT2D eigenvalue weighted by atomic mass is 16.5. The SMILES string of the molecule is CCn1ccnc1-c1ccc2ccccc2c1-c1c(OC)ccc2ccccc12. The number of imidazole rings is 1. The van der Waals surface area contributed by atoms with Gasteiger partial charge in [-0.15, -0.1) is 0 Å². The van der Waals surface area contributed by atoms with Crippen LogP contribution in [0, 0.1) is 0 Å². The normalized spacial score (nSPS) is 11.2. The van der Waals surface area contributed by atoms with Crippen molar-refractivity contribution in [3.8, 4) is 28.3 Å². The van der Waals surface area contributed by atoms with E-state index in [9.17, 15) is 0 Å². The van der Waals surface area contributed by atoms with Gasteiger partial charge in [0, 0.05) is 35.6 Å². The van der Waals surface area contributed by atoms with E-state index < -0.39 is 0 Å². The van der Waals surface area contributed by atoms with E-state index in [1.165, 1.54) is 21.5 Å². The van der Waals surface area contributed by atoms with Crippen LogP contribution in [0.1, 0.15) is 6.92 Å². The lowest BCUT2D eigenvalue weighted by atomic mass is 9.89. The highest BCUT2D eigenvalue weighted by molar-refractivity contribution is 6.12. The second kappa shape index (κ2) is 7.10. The number of benzene rings is 4. The van der Waals surface area contributed by atoms with Crippen LogP contribution in [-0.2, 0) is 6.54 Å². The molecule has 0 atom stereocenters. The lowest BCUT2D eigenvalue weighted by Gasteiger charge is -2.18. The largest absolute Gasteiger partial charge is 0.496 e. The summed E-state index contributed by atoms with van der Waals surface area (Å²) in [6.07, 6.45) is 3.91. The van der Waals surface area contributed by atoms with Gasteiger partial charge in [-0.2, -0.15) is 0 Å². The topological polar surface area (TPSA) is 27.1 Å². The summed E-state index contributed by atoms with van der Waals surface area (Å²) < 4.78 is 8.04. The van der Waals surface area contributed by atoms with Gasteiger partial charge < -0.3 is 9.30 Å². The smallest absolute Gasteiger partial charge is 0.140 e.